The van der Waals surface area contributed by atoms with Crippen LogP contribution in [0, 0.1) is 5.82 Å². The molecule has 0 saturated heterocycles. The Hall–Kier alpha value is -3.26. The zero-order valence-electron chi connectivity index (χ0n) is 16.7. The summed E-state index contributed by atoms with van der Waals surface area (Å²) in [6.07, 6.45) is 0.713. The zero-order chi connectivity index (χ0) is 23.6. The van der Waals surface area contributed by atoms with E-state index in [1.54, 1.807) is 0 Å². The molecule has 6 N–H and O–H groups in total. The van der Waals surface area contributed by atoms with Crippen LogP contribution < -0.4 is 21.0 Å². The van der Waals surface area contributed by atoms with Gasteiger partial charge in [-0.1, -0.05) is 0 Å². The first kappa shape index (κ1) is 25.8. The van der Waals surface area contributed by atoms with Gasteiger partial charge < -0.3 is 30.9 Å². The maximum atomic E-state index is 13.5. The fraction of sp³-hybridized carbons (Fsp3) is 0.471. The van der Waals surface area contributed by atoms with Crippen molar-refractivity contribution in [2.45, 2.75) is 38.1 Å². The lowest BCUT2D eigenvalue weighted by molar-refractivity contribution is -0.139. The lowest BCUT2D eigenvalue weighted by Crippen LogP contribution is -2.46. The van der Waals surface area contributed by atoms with Crippen molar-refractivity contribution in [2.75, 3.05) is 18.5 Å². The second-order valence-corrected chi connectivity index (χ2v) is 6.57. The minimum absolute atomic E-state index is 0.0249. The van der Waals surface area contributed by atoms with E-state index >= 15 is 0 Å². The van der Waals surface area contributed by atoms with Crippen LogP contribution in [0.4, 0.5) is 15.0 Å². The van der Waals surface area contributed by atoms with Gasteiger partial charge in [-0.3, -0.25) is 14.5 Å². The number of anilines is 1. The number of pyridine rings is 1. The Morgan fingerprint density at radius 2 is 1.87 bits per heavy atom. The summed E-state index contributed by atoms with van der Waals surface area (Å²) in [5, 5.41) is 40.6. The number of hydrogen-bond donors (Lipinski definition) is 6. The van der Waals surface area contributed by atoms with Crippen LogP contribution in [0.3, 0.4) is 0 Å². The molecule has 12 nitrogen and oxygen atoms in total. The standard InChI is InChI=1S/C17H24BFN4O8/c1-23(13-8-10(18(30)31)11(19)9-21-13)14(24)5-2-4-12(16(27)28)22-17(29)20-7-3-6-15(25)26/h8-9,12,30-31H,2-7H2,1H3,(H,25,26)(H,27,28)(H2,20,22,29). The molecule has 0 aliphatic rings. The molecule has 0 aliphatic carbocycles. The van der Waals surface area contributed by atoms with E-state index in [2.05, 4.69) is 15.6 Å². The minimum atomic E-state index is -2.08. The summed E-state index contributed by atoms with van der Waals surface area (Å²) >= 11 is 0. The van der Waals surface area contributed by atoms with Crippen molar-refractivity contribution in [3.05, 3.63) is 18.1 Å². The third-order valence-electron chi connectivity index (χ3n) is 4.21. The molecule has 170 valence electrons. The van der Waals surface area contributed by atoms with Crippen molar-refractivity contribution in [1.82, 2.24) is 15.6 Å². The summed E-state index contributed by atoms with van der Waals surface area (Å²) in [5.74, 6) is -3.78. The molecule has 1 atom stereocenters. The van der Waals surface area contributed by atoms with Crippen molar-refractivity contribution in [2.24, 2.45) is 0 Å². The molecule has 14 heteroatoms. The van der Waals surface area contributed by atoms with E-state index in [-0.39, 0.29) is 44.5 Å². The van der Waals surface area contributed by atoms with E-state index in [1.165, 1.54) is 7.05 Å². The van der Waals surface area contributed by atoms with Crippen molar-refractivity contribution < 1.29 is 43.8 Å². The predicted octanol–water partition coefficient (Wildman–Crippen LogP) is -1.35. The van der Waals surface area contributed by atoms with E-state index in [9.17, 15) is 28.7 Å². The third-order valence-corrected chi connectivity index (χ3v) is 4.21. The highest BCUT2D eigenvalue weighted by atomic mass is 19.1. The maximum Gasteiger partial charge on any atom is 0.491 e. The van der Waals surface area contributed by atoms with Gasteiger partial charge in [0.2, 0.25) is 5.91 Å². The van der Waals surface area contributed by atoms with Crippen LogP contribution in [0.5, 0.6) is 0 Å². The number of urea groups is 1. The van der Waals surface area contributed by atoms with Gasteiger partial charge in [-0.05, 0) is 25.3 Å². The molecule has 1 rings (SSSR count). The molecule has 31 heavy (non-hydrogen) atoms. The Kier molecular flexibility index (Phi) is 10.3. The van der Waals surface area contributed by atoms with Gasteiger partial charge >= 0.3 is 25.1 Å². The number of amides is 3. The molecule has 0 spiro atoms. The van der Waals surface area contributed by atoms with E-state index in [4.69, 9.17) is 15.2 Å². The number of halogens is 1. The van der Waals surface area contributed by atoms with Gasteiger partial charge in [0, 0.05) is 31.9 Å². The topological polar surface area (TPSA) is 189 Å². The highest BCUT2D eigenvalue weighted by molar-refractivity contribution is 6.58. The number of nitrogens with zero attached hydrogens (tertiary/aromatic N) is 2. The van der Waals surface area contributed by atoms with Crippen LogP contribution >= 0.6 is 0 Å². The summed E-state index contributed by atoms with van der Waals surface area (Å²) in [7, 11) is -0.740. The smallest absolute Gasteiger partial charge is 0.481 e. The fourth-order valence-electron chi connectivity index (χ4n) is 2.49. The summed E-state index contributed by atoms with van der Waals surface area (Å²) in [6, 6.07) is -1.03. The number of hydrogen-bond acceptors (Lipinski definition) is 7. The highest BCUT2D eigenvalue weighted by Gasteiger charge is 2.23. The van der Waals surface area contributed by atoms with Crippen molar-refractivity contribution >= 4 is 42.3 Å². The van der Waals surface area contributed by atoms with Crippen LogP contribution in [0.25, 0.3) is 0 Å². The highest BCUT2D eigenvalue weighted by Crippen LogP contribution is 2.12. The molecule has 1 unspecified atom stereocenters. The van der Waals surface area contributed by atoms with Gasteiger partial charge in [0.25, 0.3) is 0 Å². The van der Waals surface area contributed by atoms with E-state index in [0.29, 0.717) is 0 Å². The first-order valence-corrected chi connectivity index (χ1v) is 9.30. The van der Waals surface area contributed by atoms with Gasteiger partial charge in [0.15, 0.2) is 0 Å². The summed E-state index contributed by atoms with van der Waals surface area (Å²) in [6.45, 7) is 0.0585. The Morgan fingerprint density at radius 3 is 2.45 bits per heavy atom. The van der Waals surface area contributed by atoms with Gasteiger partial charge in [-0.15, -0.1) is 0 Å². The second kappa shape index (κ2) is 12.4. The number of nitrogens with one attached hydrogen (secondary N) is 2. The lowest BCUT2D eigenvalue weighted by atomic mass is 9.80. The summed E-state index contributed by atoms with van der Waals surface area (Å²) in [4.78, 5) is 50.5. The monoisotopic (exact) mass is 442 g/mol. The molecule has 0 radical (unpaired) electrons. The average Bonchev–Trinajstić information content (AvgIpc) is 2.69. The average molecular weight is 442 g/mol. The van der Waals surface area contributed by atoms with Gasteiger partial charge in [0.1, 0.15) is 17.7 Å². The number of carboxylic acids is 2. The van der Waals surface area contributed by atoms with Crippen molar-refractivity contribution in [3.8, 4) is 0 Å². The van der Waals surface area contributed by atoms with Crippen molar-refractivity contribution in [1.29, 1.82) is 0 Å². The molecule has 0 saturated carbocycles. The molecule has 0 bridgehead atoms. The van der Waals surface area contributed by atoms with Crippen LogP contribution in [0.2, 0.25) is 0 Å². The number of carboxylic acid groups (broad SMARTS) is 2. The largest absolute Gasteiger partial charge is 0.491 e. The molecule has 1 aromatic heterocycles. The molecular formula is C17H24BFN4O8. The van der Waals surface area contributed by atoms with Gasteiger partial charge in [-0.2, -0.15) is 0 Å². The third kappa shape index (κ3) is 8.96. The first-order chi connectivity index (χ1) is 14.5. The zero-order valence-corrected chi connectivity index (χ0v) is 16.7. The molecule has 3 amide bonds. The minimum Gasteiger partial charge on any atom is -0.481 e. The number of rotatable bonds is 12. The van der Waals surface area contributed by atoms with Crippen LogP contribution in [0.1, 0.15) is 32.1 Å². The van der Waals surface area contributed by atoms with Crippen LogP contribution in [0.15, 0.2) is 12.3 Å². The normalized spacial score (nSPS) is 11.4. The Labute approximate surface area is 177 Å². The van der Waals surface area contributed by atoms with Crippen LogP contribution in [-0.2, 0) is 14.4 Å². The number of aromatic nitrogens is 1. The molecular weight excluding hydrogens is 418 g/mol. The maximum absolute atomic E-state index is 13.5. The lowest BCUT2D eigenvalue weighted by Gasteiger charge is -2.18. The second-order valence-electron chi connectivity index (χ2n) is 6.57. The summed E-state index contributed by atoms with van der Waals surface area (Å²) in [5.41, 5.74) is -0.450. The predicted molar refractivity (Wildman–Crippen MR) is 106 cm³/mol. The van der Waals surface area contributed by atoms with E-state index < -0.39 is 48.3 Å². The first-order valence-electron chi connectivity index (χ1n) is 9.30. The quantitative estimate of drug-likeness (QED) is 0.168. The van der Waals surface area contributed by atoms with Gasteiger partial charge in [0.05, 0.1) is 6.20 Å². The van der Waals surface area contributed by atoms with E-state index in [0.717, 1.165) is 17.2 Å². The molecule has 0 aromatic carbocycles. The van der Waals surface area contributed by atoms with Crippen LogP contribution in [-0.4, -0.2) is 75.9 Å². The number of carbonyl (C=O) groups is 4. The molecule has 1 heterocycles. The number of carbonyl (C=O) groups excluding carboxylic acids is 2. The Balaban J connectivity index is 2.53. The number of aliphatic carboxylic acids is 2. The Bertz CT molecular complexity index is 810. The summed E-state index contributed by atoms with van der Waals surface area (Å²) < 4.78 is 13.5. The molecule has 0 fully saturated rings. The SMILES string of the molecule is CN(C(=O)CCCC(NC(=O)NCCCC(=O)O)C(=O)O)c1cc(B(O)O)c(F)cn1. The molecule has 0 aliphatic heterocycles. The molecule has 1 aromatic rings. The Morgan fingerprint density at radius 1 is 1.19 bits per heavy atom. The van der Waals surface area contributed by atoms with E-state index in [1.807, 2.05) is 0 Å². The van der Waals surface area contributed by atoms with Crippen molar-refractivity contribution in [3.63, 3.8) is 0 Å². The van der Waals surface area contributed by atoms with Gasteiger partial charge in [-0.25, -0.2) is 19.0 Å². The fourth-order valence-corrected chi connectivity index (χ4v) is 2.49.